The molecule has 0 radical (unpaired) electrons. The highest BCUT2D eigenvalue weighted by molar-refractivity contribution is 7.22. The summed E-state index contributed by atoms with van der Waals surface area (Å²) >= 11 is 1.28. The summed E-state index contributed by atoms with van der Waals surface area (Å²) in [5, 5.41) is 21.9. The van der Waals surface area contributed by atoms with E-state index in [0.29, 0.717) is 34.1 Å². The lowest BCUT2D eigenvalue weighted by Gasteiger charge is -2.23. The first kappa shape index (κ1) is 24.3. The molecule has 9 heteroatoms. The fourth-order valence-corrected chi connectivity index (χ4v) is 5.48. The minimum atomic E-state index is -1.01. The summed E-state index contributed by atoms with van der Waals surface area (Å²) in [6.07, 6.45) is 0. The predicted octanol–water partition coefficient (Wildman–Crippen LogP) is 5.34. The Morgan fingerprint density at radius 2 is 1.92 bits per heavy atom. The van der Waals surface area contributed by atoms with Crippen LogP contribution in [0.15, 0.2) is 66.2 Å². The Balaban J connectivity index is 1.73. The van der Waals surface area contributed by atoms with E-state index in [1.54, 1.807) is 36.4 Å². The van der Waals surface area contributed by atoms with Crippen LogP contribution in [0.4, 0.5) is 5.13 Å². The zero-order chi connectivity index (χ0) is 26.3. The summed E-state index contributed by atoms with van der Waals surface area (Å²) in [6, 6.07) is 16.0. The molecule has 1 aromatic heterocycles. The van der Waals surface area contributed by atoms with E-state index in [9.17, 15) is 19.8 Å². The van der Waals surface area contributed by atoms with Gasteiger partial charge in [-0.15, -0.1) is 0 Å². The molecule has 188 valence electrons. The number of hydrogen-bond donors (Lipinski definition) is 2. The van der Waals surface area contributed by atoms with Crippen LogP contribution in [-0.2, 0) is 9.59 Å². The summed E-state index contributed by atoms with van der Waals surface area (Å²) in [5.41, 5.74) is 2.44. The van der Waals surface area contributed by atoms with Gasteiger partial charge in [-0.05, 0) is 61.4 Å². The molecule has 0 aliphatic carbocycles. The quantitative estimate of drug-likeness (QED) is 0.202. The number of benzene rings is 3. The maximum atomic E-state index is 13.5. The summed E-state index contributed by atoms with van der Waals surface area (Å²) in [7, 11) is 1.41. The van der Waals surface area contributed by atoms with Gasteiger partial charge >= 0.3 is 5.91 Å². The molecule has 2 N–H and O–H groups in total. The smallest absolute Gasteiger partial charge is 0.301 e. The molecule has 4 aromatic rings. The van der Waals surface area contributed by atoms with Gasteiger partial charge in [-0.2, -0.15) is 0 Å². The first-order valence-corrected chi connectivity index (χ1v) is 12.4. The molecule has 1 atom stereocenters. The molecular formula is C28H24N2O6S. The monoisotopic (exact) mass is 516 g/mol. The van der Waals surface area contributed by atoms with E-state index in [-0.39, 0.29) is 22.8 Å². The van der Waals surface area contributed by atoms with Gasteiger partial charge < -0.3 is 19.7 Å². The van der Waals surface area contributed by atoms with Crippen molar-refractivity contribution in [1.29, 1.82) is 0 Å². The molecule has 0 bridgehead atoms. The third-order valence-corrected chi connectivity index (χ3v) is 7.14. The maximum Gasteiger partial charge on any atom is 0.301 e. The number of thiazole rings is 1. The molecule has 37 heavy (non-hydrogen) atoms. The van der Waals surface area contributed by atoms with Crippen molar-refractivity contribution in [1.82, 2.24) is 4.98 Å². The third kappa shape index (κ3) is 4.27. The van der Waals surface area contributed by atoms with Crippen LogP contribution in [0.1, 0.15) is 29.7 Å². The first-order valence-electron chi connectivity index (χ1n) is 11.6. The highest BCUT2D eigenvalue weighted by Crippen LogP contribution is 2.46. The molecule has 5 rings (SSSR count). The number of rotatable bonds is 6. The number of fused-ring (bicyclic) bond motifs is 1. The minimum Gasteiger partial charge on any atom is -0.507 e. The SMILES string of the molecule is CCOc1cccc(C(O)=C2C(=O)C(=O)N(c3nc4ccc(C)cc4s3)C2c2ccc(O)c(OC)c2)c1. The maximum absolute atomic E-state index is 13.5. The largest absolute Gasteiger partial charge is 0.507 e. The van der Waals surface area contributed by atoms with Gasteiger partial charge in [0.15, 0.2) is 16.6 Å². The zero-order valence-electron chi connectivity index (χ0n) is 20.4. The molecule has 0 spiro atoms. The second kappa shape index (κ2) is 9.59. The number of hydrogen-bond acceptors (Lipinski definition) is 8. The highest BCUT2D eigenvalue weighted by Gasteiger charge is 2.48. The predicted molar refractivity (Wildman–Crippen MR) is 141 cm³/mol. The number of aliphatic hydroxyl groups is 1. The molecule has 1 saturated heterocycles. The van der Waals surface area contributed by atoms with Crippen LogP contribution in [0.3, 0.4) is 0 Å². The minimum absolute atomic E-state index is 0.0944. The number of carbonyl (C=O) groups is 2. The van der Waals surface area contributed by atoms with Crippen LogP contribution in [0.25, 0.3) is 16.0 Å². The number of phenols is 1. The average molecular weight is 517 g/mol. The van der Waals surface area contributed by atoms with E-state index >= 15 is 0 Å². The van der Waals surface area contributed by atoms with Gasteiger partial charge in [-0.25, -0.2) is 4.98 Å². The number of aromatic nitrogens is 1. The van der Waals surface area contributed by atoms with Gasteiger partial charge in [0, 0.05) is 5.56 Å². The molecule has 1 amide bonds. The summed E-state index contributed by atoms with van der Waals surface area (Å²) in [6.45, 7) is 4.24. The van der Waals surface area contributed by atoms with Gasteiger partial charge in [0.2, 0.25) is 0 Å². The van der Waals surface area contributed by atoms with Crippen LogP contribution in [0.5, 0.6) is 17.2 Å². The fourth-order valence-electron chi connectivity index (χ4n) is 4.39. The lowest BCUT2D eigenvalue weighted by Crippen LogP contribution is -2.29. The molecule has 1 unspecified atom stereocenters. The van der Waals surface area contributed by atoms with Crippen molar-refractivity contribution >= 4 is 44.1 Å². The standard InChI is InChI=1S/C28H24N2O6S/c1-4-36-18-7-5-6-17(13-18)25(32)23-24(16-9-11-20(31)21(14-16)35-3)30(27(34)26(23)33)28-29-19-10-8-15(2)12-22(19)37-28/h5-14,24,31-32H,4H2,1-3H3. The number of aromatic hydroxyl groups is 1. The molecule has 1 fully saturated rings. The Morgan fingerprint density at radius 3 is 2.68 bits per heavy atom. The summed E-state index contributed by atoms with van der Waals surface area (Å²) in [5.74, 6) is -1.40. The van der Waals surface area contributed by atoms with E-state index in [0.717, 1.165) is 10.3 Å². The second-order valence-electron chi connectivity index (χ2n) is 8.53. The number of aryl methyl sites for hydroxylation is 1. The number of anilines is 1. The normalized spacial score (nSPS) is 16.9. The average Bonchev–Trinajstić information content (AvgIpc) is 3.42. The van der Waals surface area contributed by atoms with Crippen molar-refractivity contribution in [3.8, 4) is 17.2 Å². The molecule has 1 aliphatic heterocycles. The number of aliphatic hydroxyl groups excluding tert-OH is 1. The van der Waals surface area contributed by atoms with Crippen LogP contribution in [0.2, 0.25) is 0 Å². The zero-order valence-corrected chi connectivity index (χ0v) is 21.2. The van der Waals surface area contributed by atoms with Gasteiger partial charge in [0.1, 0.15) is 11.5 Å². The lowest BCUT2D eigenvalue weighted by molar-refractivity contribution is -0.132. The van der Waals surface area contributed by atoms with Gasteiger partial charge in [-0.1, -0.05) is 35.6 Å². The lowest BCUT2D eigenvalue weighted by atomic mass is 9.95. The van der Waals surface area contributed by atoms with Crippen molar-refractivity contribution < 1.29 is 29.3 Å². The Morgan fingerprint density at radius 1 is 1.11 bits per heavy atom. The fraction of sp³-hybridized carbons (Fsp3) is 0.179. The van der Waals surface area contributed by atoms with Crippen molar-refractivity contribution in [2.45, 2.75) is 19.9 Å². The third-order valence-electron chi connectivity index (χ3n) is 6.12. The first-order chi connectivity index (χ1) is 17.8. The van der Waals surface area contributed by atoms with Crippen LogP contribution < -0.4 is 14.4 Å². The van der Waals surface area contributed by atoms with E-state index < -0.39 is 17.7 Å². The number of amides is 1. The number of ketones is 1. The van der Waals surface area contributed by atoms with E-state index in [1.807, 2.05) is 32.0 Å². The summed E-state index contributed by atoms with van der Waals surface area (Å²) < 4.78 is 11.7. The van der Waals surface area contributed by atoms with Crippen molar-refractivity contribution in [2.24, 2.45) is 0 Å². The molecular weight excluding hydrogens is 492 g/mol. The number of nitrogens with zero attached hydrogens (tertiary/aromatic N) is 2. The Kier molecular flexibility index (Phi) is 6.31. The van der Waals surface area contributed by atoms with Gasteiger partial charge in [0.25, 0.3) is 5.78 Å². The summed E-state index contributed by atoms with van der Waals surface area (Å²) in [4.78, 5) is 32.8. The molecule has 8 nitrogen and oxygen atoms in total. The Hall–Kier alpha value is -4.37. The molecule has 2 heterocycles. The van der Waals surface area contributed by atoms with Crippen molar-refractivity contribution in [3.63, 3.8) is 0 Å². The number of ether oxygens (including phenoxy) is 2. The van der Waals surface area contributed by atoms with Crippen molar-refractivity contribution in [2.75, 3.05) is 18.6 Å². The van der Waals surface area contributed by atoms with E-state index in [2.05, 4.69) is 4.98 Å². The van der Waals surface area contributed by atoms with Crippen LogP contribution in [0, 0.1) is 6.92 Å². The molecule has 3 aromatic carbocycles. The van der Waals surface area contributed by atoms with Crippen LogP contribution in [-0.4, -0.2) is 40.6 Å². The number of methoxy groups -OCH3 is 1. The molecule has 1 aliphatic rings. The van der Waals surface area contributed by atoms with Crippen LogP contribution >= 0.6 is 11.3 Å². The number of Topliss-reactive ketones (excluding diaryl/α,β-unsaturated/α-hetero) is 1. The van der Waals surface area contributed by atoms with E-state index in [1.165, 1.54) is 29.4 Å². The molecule has 0 saturated carbocycles. The van der Waals surface area contributed by atoms with Crippen molar-refractivity contribution in [3.05, 3.63) is 82.9 Å². The Labute approximate surface area is 217 Å². The number of phenolic OH excluding ortho intramolecular Hbond substituents is 1. The van der Waals surface area contributed by atoms with Gasteiger partial charge in [-0.3, -0.25) is 14.5 Å². The Bertz CT molecular complexity index is 1570. The van der Waals surface area contributed by atoms with Gasteiger partial charge in [0.05, 0.1) is 35.5 Å². The topological polar surface area (TPSA) is 109 Å². The highest BCUT2D eigenvalue weighted by atomic mass is 32.1. The number of carbonyl (C=O) groups excluding carboxylic acids is 2. The van der Waals surface area contributed by atoms with E-state index in [4.69, 9.17) is 9.47 Å². The second-order valence-corrected chi connectivity index (χ2v) is 9.54.